The third kappa shape index (κ3) is 6.96. The predicted octanol–water partition coefficient (Wildman–Crippen LogP) is 3.40. The summed E-state index contributed by atoms with van der Waals surface area (Å²) in [5, 5.41) is 10.3. The first-order chi connectivity index (χ1) is 12.6. The van der Waals surface area contributed by atoms with Crippen LogP contribution in [0.4, 0.5) is 4.39 Å². The minimum Gasteiger partial charge on any atom is -0.497 e. The summed E-state index contributed by atoms with van der Waals surface area (Å²) in [6.07, 6.45) is 1.03. The summed E-state index contributed by atoms with van der Waals surface area (Å²) >= 11 is 0. The van der Waals surface area contributed by atoms with Crippen molar-refractivity contribution >= 4 is 0 Å². The van der Waals surface area contributed by atoms with E-state index in [1.165, 1.54) is 12.1 Å². The molecule has 0 saturated carbocycles. The molecule has 0 fully saturated rings. The fourth-order valence-electron chi connectivity index (χ4n) is 2.70. The van der Waals surface area contributed by atoms with Crippen molar-refractivity contribution in [1.29, 1.82) is 0 Å². The second-order valence-electron chi connectivity index (χ2n) is 6.13. The highest BCUT2D eigenvalue weighted by Gasteiger charge is 2.14. The Kier molecular flexibility index (Phi) is 8.28. The zero-order valence-electron chi connectivity index (χ0n) is 15.1. The Hall–Kier alpha value is -2.21. The average Bonchev–Trinajstić information content (AvgIpc) is 2.64. The van der Waals surface area contributed by atoms with Crippen molar-refractivity contribution in [3.8, 4) is 5.75 Å². The zero-order valence-corrected chi connectivity index (χ0v) is 15.1. The summed E-state index contributed by atoms with van der Waals surface area (Å²) in [7, 11) is 1.64. The maximum Gasteiger partial charge on any atom is 0.123 e. The summed E-state index contributed by atoms with van der Waals surface area (Å²) in [6, 6.07) is 14.2. The summed E-state index contributed by atoms with van der Waals surface area (Å²) in [5.74, 6) is 0.532. The standard InChI is InChI=1S/C21H26FNO3/c1-3-11-26-16-20(24)15-23(13-17-7-9-19(22)10-8-17)14-18-5-4-6-21(12-18)25-2/h3-10,12,20,24H,1,11,13-16H2,2H3. The summed E-state index contributed by atoms with van der Waals surface area (Å²) in [5.41, 5.74) is 2.05. The van der Waals surface area contributed by atoms with Gasteiger partial charge in [-0.2, -0.15) is 0 Å². The smallest absolute Gasteiger partial charge is 0.123 e. The van der Waals surface area contributed by atoms with Crippen LogP contribution in [0.5, 0.6) is 5.75 Å². The van der Waals surface area contributed by atoms with E-state index in [1.54, 1.807) is 25.3 Å². The Balaban J connectivity index is 2.06. The van der Waals surface area contributed by atoms with Gasteiger partial charge in [0, 0.05) is 19.6 Å². The molecular weight excluding hydrogens is 333 g/mol. The molecule has 0 aliphatic rings. The molecule has 0 amide bonds. The lowest BCUT2D eigenvalue weighted by Crippen LogP contribution is -2.34. The number of hydrogen-bond acceptors (Lipinski definition) is 4. The second-order valence-corrected chi connectivity index (χ2v) is 6.13. The molecular formula is C21H26FNO3. The highest BCUT2D eigenvalue weighted by Crippen LogP contribution is 2.16. The molecule has 2 aromatic rings. The normalized spacial score (nSPS) is 12.2. The van der Waals surface area contributed by atoms with E-state index in [0.717, 1.165) is 16.9 Å². The van der Waals surface area contributed by atoms with Crippen molar-refractivity contribution in [3.63, 3.8) is 0 Å². The third-order valence-electron chi connectivity index (χ3n) is 3.87. The van der Waals surface area contributed by atoms with Crippen molar-refractivity contribution in [1.82, 2.24) is 4.90 Å². The molecule has 0 aliphatic carbocycles. The van der Waals surface area contributed by atoms with Crippen molar-refractivity contribution in [2.45, 2.75) is 19.2 Å². The first kappa shape index (κ1) is 20.1. The molecule has 140 valence electrons. The number of aliphatic hydroxyl groups is 1. The molecule has 4 nitrogen and oxygen atoms in total. The number of benzene rings is 2. The number of hydrogen-bond donors (Lipinski definition) is 1. The second kappa shape index (κ2) is 10.7. The van der Waals surface area contributed by atoms with E-state index < -0.39 is 6.10 Å². The predicted molar refractivity (Wildman–Crippen MR) is 101 cm³/mol. The molecule has 1 unspecified atom stereocenters. The molecule has 0 aromatic heterocycles. The molecule has 1 atom stereocenters. The maximum absolute atomic E-state index is 13.1. The van der Waals surface area contributed by atoms with Gasteiger partial charge in [0.25, 0.3) is 0 Å². The first-order valence-electron chi connectivity index (χ1n) is 8.57. The number of nitrogens with zero attached hydrogens (tertiary/aromatic N) is 1. The highest BCUT2D eigenvalue weighted by atomic mass is 19.1. The van der Waals surface area contributed by atoms with Gasteiger partial charge in [0.1, 0.15) is 11.6 Å². The number of ether oxygens (including phenoxy) is 2. The van der Waals surface area contributed by atoms with E-state index >= 15 is 0 Å². The van der Waals surface area contributed by atoms with Crippen LogP contribution in [-0.2, 0) is 17.8 Å². The van der Waals surface area contributed by atoms with Crippen molar-refractivity contribution in [2.24, 2.45) is 0 Å². The molecule has 0 heterocycles. The molecule has 0 aliphatic heterocycles. The molecule has 2 aromatic carbocycles. The van der Waals surface area contributed by atoms with E-state index in [-0.39, 0.29) is 12.4 Å². The lowest BCUT2D eigenvalue weighted by atomic mass is 10.1. The van der Waals surface area contributed by atoms with Gasteiger partial charge in [-0.25, -0.2) is 4.39 Å². The first-order valence-corrected chi connectivity index (χ1v) is 8.57. The topological polar surface area (TPSA) is 41.9 Å². The Morgan fingerprint density at radius 3 is 2.58 bits per heavy atom. The molecule has 1 N–H and O–H groups in total. The minimum absolute atomic E-state index is 0.240. The van der Waals surface area contributed by atoms with Crippen LogP contribution < -0.4 is 4.74 Å². The summed E-state index contributed by atoms with van der Waals surface area (Å²) < 4.78 is 23.8. The van der Waals surface area contributed by atoms with E-state index in [0.29, 0.717) is 26.2 Å². The van der Waals surface area contributed by atoms with Crippen LogP contribution in [0.15, 0.2) is 61.2 Å². The van der Waals surface area contributed by atoms with Gasteiger partial charge in [-0.1, -0.05) is 30.3 Å². The van der Waals surface area contributed by atoms with Crippen molar-refractivity contribution in [3.05, 3.63) is 78.1 Å². The van der Waals surface area contributed by atoms with Gasteiger partial charge in [0.15, 0.2) is 0 Å². The zero-order chi connectivity index (χ0) is 18.8. The summed E-state index contributed by atoms with van der Waals surface area (Å²) in [4.78, 5) is 2.10. The minimum atomic E-state index is -0.624. The number of halogens is 1. The Labute approximate surface area is 154 Å². The number of rotatable bonds is 11. The van der Waals surface area contributed by atoms with Crippen LogP contribution in [0.3, 0.4) is 0 Å². The van der Waals surface area contributed by atoms with Gasteiger partial charge in [-0.05, 0) is 35.4 Å². The maximum atomic E-state index is 13.1. The van der Waals surface area contributed by atoms with Gasteiger partial charge in [0.2, 0.25) is 0 Å². The van der Waals surface area contributed by atoms with E-state index in [1.807, 2.05) is 24.3 Å². The largest absolute Gasteiger partial charge is 0.497 e. The molecule has 26 heavy (non-hydrogen) atoms. The molecule has 0 saturated heterocycles. The van der Waals surface area contributed by atoms with Gasteiger partial charge < -0.3 is 14.6 Å². The molecule has 0 radical (unpaired) electrons. The van der Waals surface area contributed by atoms with E-state index in [4.69, 9.17) is 9.47 Å². The van der Waals surface area contributed by atoms with Gasteiger partial charge in [-0.3, -0.25) is 4.90 Å². The van der Waals surface area contributed by atoms with Crippen LogP contribution >= 0.6 is 0 Å². The van der Waals surface area contributed by atoms with Crippen LogP contribution in [0, 0.1) is 5.82 Å². The lowest BCUT2D eigenvalue weighted by Gasteiger charge is -2.25. The SMILES string of the molecule is C=CCOCC(O)CN(Cc1ccc(F)cc1)Cc1cccc(OC)c1. The molecule has 2 rings (SSSR count). The molecule has 0 bridgehead atoms. The van der Waals surface area contributed by atoms with Crippen LogP contribution in [-0.4, -0.2) is 43.0 Å². The number of methoxy groups -OCH3 is 1. The fourth-order valence-corrected chi connectivity index (χ4v) is 2.70. The Morgan fingerprint density at radius 2 is 1.88 bits per heavy atom. The van der Waals surface area contributed by atoms with Crippen LogP contribution in [0.1, 0.15) is 11.1 Å². The quantitative estimate of drug-likeness (QED) is 0.493. The average molecular weight is 359 g/mol. The third-order valence-corrected chi connectivity index (χ3v) is 3.87. The Morgan fingerprint density at radius 1 is 1.15 bits per heavy atom. The molecule has 0 spiro atoms. The van der Waals surface area contributed by atoms with Crippen LogP contribution in [0.25, 0.3) is 0 Å². The summed E-state index contributed by atoms with van der Waals surface area (Å²) in [6.45, 7) is 5.90. The van der Waals surface area contributed by atoms with Crippen molar-refractivity contribution < 1.29 is 19.0 Å². The van der Waals surface area contributed by atoms with Gasteiger partial charge in [0.05, 0.1) is 26.4 Å². The highest BCUT2D eigenvalue weighted by molar-refractivity contribution is 5.28. The van der Waals surface area contributed by atoms with Crippen molar-refractivity contribution in [2.75, 3.05) is 26.9 Å². The molecule has 5 heteroatoms. The Bertz CT molecular complexity index is 675. The van der Waals surface area contributed by atoms with E-state index in [9.17, 15) is 9.50 Å². The van der Waals surface area contributed by atoms with Gasteiger partial charge in [-0.15, -0.1) is 6.58 Å². The number of aliphatic hydroxyl groups excluding tert-OH is 1. The fraction of sp³-hybridized carbons (Fsp3) is 0.333. The van der Waals surface area contributed by atoms with E-state index in [2.05, 4.69) is 11.5 Å². The lowest BCUT2D eigenvalue weighted by molar-refractivity contribution is 0.0228. The monoisotopic (exact) mass is 359 g/mol. The van der Waals surface area contributed by atoms with Crippen LogP contribution in [0.2, 0.25) is 0 Å². The van der Waals surface area contributed by atoms with Gasteiger partial charge >= 0.3 is 0 Å².